The van der Waals surface area contributed by atoms with Crippen molar-refractivity contribution >= 4 is 46.0 Å². The van der Waals surface area contributed by atoms with Gasteiger partial charge in [0.2, 0.25) is 5.95 Å². The van der Waals surface area contributed by atoms with Gasteiger partial charge < -0.3 is 15.0 Å². The van der Waals surface area contributed by atoms with Gasteiger partial charge in [0.05, 0.1) is 16.2 Å². The summed E-state index contributed by atoms with van der Waals surface area (Å²) in [6.45, 7) is 7.80. The highest BCUT2D eigenvalue weighted by atomic mass is 35.5. The quantitative estimate of drug-likeness (QED) is 0.331. The van der Waals surface area contributed by atoms with Crippen LogP contribution in [-0.4, -0.2) is 50.7 Å². The molecule has 0 saturated heterocycles. The number of ether oxygens (including phenoxy) is 1. The standard InChI is InChI=1S/C25H26Cl2N6O2/c1-4-33(5-2)13-14-35-17-11-9-16(10-12-17)29-25-28-15-20-23(31-25)32(3)24(34)22(30-20)21-18(26)7-6-8-19(21)27/h6-12,15H,4-5,13-14H2,1-3H3,(H,28,29,31). The number of rotatable bonds is 9. The van der Waals surface area contributed by atoms with E-state index in [2.05, 4.69) is 39.0 Å². The van der Waals surface area contributed by atoms with Gasteiger partial charge in [-0.1, -0.05) is 43.1 Å². The van der Waals surface area contributed by atoms with Gasteiger partial charge in [-0.2, -0.15) is 4.98 Å². The molecule has 0 bridgehead atoms. The predicted molar refractivity (Wildman–Crippen MR) is 141 cm³/mol. The Kier molecular flexibility index (Phi) is 7.85. The van der Waals surface area contributed by atoms with Crippen LogP contribution in [0, 0.1) is 0 Å². The molecule has 4 aromatic rings. The highest BCUT2D eigenvalue weighted by molar-refractivity contribution is 6.39. The number of fused-ring (bicyclic) bond motifs is 1. The molecule has 0 spiro atoms. The third-order valence-corrected chi connectivity index (χ3v) is 6.32. The number of aromatic nitrogens is 4. The van der Waals surface area contributed by atoms with E-state index in [1.54, 1.807) is 31.4 Å². The molecule has 0 aliphatic carbocycles. The van der Waals surface area contributed by atoms with Crippen molar-refractivity contribution in [3.05, 3.63) is 69.1 Å². The number of anilines is 2. The summed E-state index contributed by atoms with van der Waals surface area (Å²) < 4.78 is 7.24. The molecule has 0 aliphatic rings. The van der Waals surface area contributed by atoms with E-state index in [-0.39, 0.29) is 11.3 Å². The molecule has 2 aromatic heterocycles. The van der Waals surface area contributed by atoms with Crippen molar-refractivity contribution < 1.29 is 4.74 Å². The molecular formula is C25H26Cl2N6O2. The van der Waals surface area contributed by atoms with Crippen LogP contribution < -0.4 is 15.6 Å². The number of nitrogens with zero attached hydrogens (tertiary/aromatic N) is 5. The molecule has 182 valence electrons. The number of likely N-dealkylation sites (N-methyl/N-ethyl adjacent to an activating group) is 1. The number of hydrogen-bond donors (Lipinski definition) is 1. The van der Waals surface area contributed by atoms with Crippen LogP contribution >= 0.6 is 23.2 Å². The molecule has 2 aromatic carbocycles. The minimum atomic E-state index is -0.358. The monoisotopic (exact) mass is 512 g/mol. The maximum Gasteiger partial charge on any atom is 0.278 e. The second kappa shape index (κ2) is 11.0. The minimum absolute atomic E-state index is 0.150. The fourth-order valence-corrected chi connectivity index (χ4v) is 4.24. The molecule has 1 N–H and O–H groups in total. The second-order valence-electron chi connectivity index (χ2n) is 7.85. The molecule has 0 unspecified atom stereocenters. The van der Waals surface area contributed by atoms with Crippen molar-refractivity contribution in [2.75, 3.05) is 31.6 Å². The first-order valence-corrected chi connectivity index (χ1v) is 12.1. The van der Waals surface area contributed by atoms with Crippen LogP contribution in [0.4, 0.5) is 11.6 Å². The first kappa shape index (κ1) is 24.9. The maximum absolute atomic E-state index is 13.0. The highest BCUT2D eigenvalue weighted by Gasteiger charge is 2.17. The lowest BCUT2D eigenvalue weighted by atomic mass is 10.1. The van der Waals surface area contributed by atoms with Crippen LogP contribution in [-0.2, 0) is 7.05 Å². The van der Waals surface area contributed by atoms with Crippen LogP contribution in [0.2, 0.25) is 10.0 Å². The Balaban J connectivity index is 1.53. The first-order valence-electron chi connectivity index (χ1n) is 11.3. The van der Waals surface area contributed by atoms with Crippen LogP contribution in [0.15, 0.2) is 53.5 Å². The van der Waals surface area contributed by atoms with E-state index in [9.17, 15) is 4.79 Å². The van der Waals surface area contributed by atoms with Crippen LogP contribution in [0.3, 0.4) is 0 Å². The summed E-state index contributed by atoms with van der Waals surface area (Å²) in [5.74, 6) is 1.13. The predicted octanol–water partition coefficient (Wildman–Crippen LogP) is 5.16. The Hall–Kier alpha value is -3.20. The molecule has 0 atom stereocenters. The third kappa shape index (κ3) is 5.56. The van der Waals surface area contributed by atoms with Gasteiger partial charge >= 0.3 is 0 Å². The van der Waals surface area contributed by atoms with Gasteiger partial charge in [0, 0.05) is 24.8 Å². The Morgan fingerprint density at radius 1 is 1.03 bits per heavy atom. The zero-order chi connectivity index (χ0) is 24.9. The van der Waals surface area contributed by atoms with Gasteiger partial charge in [0.25, 0.3) is 5.56 Å². The Bertz CT molecular complexity index is 1370. The summed E-state index contributed by atoms with van der Waals surface area (Å²) in [6.07, 6.45) is 1.56. The zero-order valence-corrected chi connectivity index (χ0v) is 21.3. The van der Waals surface area contributed by atoms with Crippen LogP contribution in [0.25, 0.3) is 22.4 Å². The summed E-state index contributed by atoms with van der Waals surface area (Å²) >= 11 is 12.6. The topological polar surface area (TPSA) is 85.2 Å². The smallest absolute Gasteiger partial charge is 0.278 e. The summed E-state index contributed by atoms with van der Waals surface area (Å²) in [7, 11) is 1.63. The van der Waals surface area contributed by atoms with Crippen molar-refractivity contribution in [2.24, 2.45) is 7.05 Å². The fourth-order valence-electron chi connectivity index (χ4n) is 3.66. The van der Waals surface area contributed by atoms with Gasteiger partial charge in [-0.25, -0.2) is 9.97 Å². The summed E-state index contributed by atoms with van der Waals surface area (Å²) in [6, 6.07) is 12.6. The third-order valence-electron chi connectivity index (χ3n) is 5.69. The maximum atomic E-state index is 13.0. The lowest BCUT2D eigenvalue weighted by molar-refractivity contribution is 0.223. The number of aryl methyl sites for hydroxylation is 1. The van der Waals surface area contributed by atoms with Crippen molar-refractivity contribution in [1.82, 2.24) is 24.4 Å². The minimum Gasteiger partial charge on any atom is -0.492 e. The normalized spacial score (nSPS) is 11.3. The molecule has 0 aliphatic heterocycles. The largest absolute Gasteiger partial charge is 0.492 e. The van der Waals surface area contributed by atoms with Gasteiger partial charge in [0.1, 0.15) is 23.6 Å². The lowest BCUT2D eigenvalue weighted by Crippen LogP contribution is -2.27. The first-order chi connectivity index (χ1) is 16.9. The lowest BCUT2D eigenvalue weighted by Gasteiger charge is -2.18. The van der Waals surface area contributed by atoms with Gasteiger partial charge in [-0.05, 0) is 49.5 Å². The van der Waals surface area contributed by atoms with E-state index in [4.69, 9.17) is 27.9 Å². The second-order valence-corrected chi connectivity index (χ2v) is 8.66. The van der Waals surface area contributed by atoms with Crippen LogP contribution in [0.5, 0.6) is 5.75 Å². The van der Waals surface area contributed by atoms with E-state index in [0.717, 1.165) is 31.1 Å². The fraction of sp³-hybridized carbons (Fsp3) is 0.280. The summed E-state index contributed by atoms with van der Waals surface area (Å²) in [4.78, 5) is 28.7. The molecule has 0 saturated carbocycles. The van der Waals surface area contributed by atoms with E-state index >= 15 is 0 Å². The number of halogens is 2. The average molecular weight is 513 g/mol. The molecule has 2 heterocycles. The van der Waals surface area contributed by atoms with Gasteiger partial charge in [-0.3, -0.25) is 9.36 Å². The molecule has 8 nitrogen and oxygen atoms in total. The molecule has 0 amide bonds. The molecule has 4 rings (SSSR count). The summed E-state index contributed by atoms with van der Waals surface area (Å²) in [5.41, 5.74) is 1.80. The Labute approximate surface area is 213 Å². The van der Waals surface area contributed by atoms with E-state index in [1.165, 1.54) is 4.57 Å². The van der Waals surface area contributed by atoms with Crippen molar-refractivity contribution in [3.8, 4) is 17.0 Å². The van der Waals surface area contributed by atoms with E-state index in [1.807, 2.05) is 24.3 Å². The number of benzene rings is 2. The van der Waals surface area contributed by atoms with Gasteiger partial charge in [-0.15, -0.1) is 0 Å². The van der Waals surface area contributed by atoms with Crippen LogP contribution in [0.1, 0.15) is 13.8 Å². The highest BCUT2D eigenvalue weighted by Crippen LogP contribution is 2.32. The van der Waals surface area contributed by atoms with Crippen molar-refractivity contribution in [2.45, 2.75) is 13.8 Å². The zero-order valence-electron chi connectivity index (χ0n) is 19.8. The average Bonchev–Trinajstić information content (AvgIpc) is 2.86. The molecule has 35 heavy (non-hydrogen) atoms. The summed E-state index contributed by atoms with van der Waals surface area (Å²) in [5, 5.41) is 3.85. The van der Waals surface area contributed by atoms with Crippen molar-refractivity contribution in [3.63, 3.8) is 0 Å². The SMILES string of the molecule is CCN(CC)CCOc1ccc(Nc2ncc3nc(-c4c(Cl)cccc4Cl)c(=O)n(C)c3n2)cc1. The Morgan fingerprint density at radius 3 is 2.37 bits per heavy atom. The molecular weight excluding hydrogens is 487 g/mol. The van der Waals surface area contributed by atoms with E-state index < -0.39 is 0 Å². The molecule has 0 fully saturated rings. The van der Waals surface area contributed by atoms with E-state index in [0.29, 0.717) is 39.3 Å². The Morgan fingerprint density at radius 2 is 1.71 bits per heavy atom. The molecule has 10 heteroatoms. The van der Waals surface area contributed by atoms with Gasteiger partial charge in [0.15, 0.2) is 5.65 Å². The molecule has 0 radical (unpaired) electrons. The van der Waals surface area contributed by atoms with Crippen molar-refractivity contribution in [1.29, 1.82) is 0 Å². The number of nitrogens with one attached hydrogen (secondary N) is 1. The number of hydrogen-bond acceptors (Lipinski definition) is 7.